The molecule has 0 fully saturated rings. The summed E-state index contributed by atoms with van der Waals surface area (Å²) in [5.41, 5.74) is 2.25. The molecule has 1 atom stereocenters. The number of hydrogen-bond acceptors (Lipinski definition) is 2. The zero-order valence-corrected chi connectivity index (χ0v) is 8.81. The first-order chi connectivity index (χ1) is 5.60. The van der Waals surface area contributed by atoms with Gasteiger partial charge in [0.2, 0.25) is 0 Å². The number of nitrogens with zero attached hydrogens (tertiary/aromatic N) is 1. The van der Waals surface area contributed by atoms with Crippen molar-refractivity contribution >= 4 is 5.71 Å². The van der Waals surface area contributed by atoms with Crippen molar-refractivity contribution in [2.75, 3.05) is 7.05 Å². The molecule has 0 aromatic rings. The second-order valence-corrected chi connectivity index (χ2v) is 3.15. The van der Waals surface area contributed by atoms with Crippen molar-refractivity contribution in [2.24, 2.45) is 4.99 Å². The Bertz CT molecular complexity index is 180. The maximum absolute atomic E-state index is 4.06. The summed E-state index contributed by atoms with van der Waals surface area (Å²) in [6, 6.07) is 0.547. The Morgan fingerprint density at radius 3 is 2.50 bits per heavy atom. The summed E-state index contributed by atoms with van der Waals surface area (Å²) in [5.74, 6) is 0. The van der Waals surface area contributed by atoms with Crippen LogP contribution in [0.3, 0.4) is 0 Å². The number of allylic oxidation sites excluding steroid dienone is 2. The first kappa shape index (κ1) is 11.2. The van der Waals surface area contributed by atoms with Crippen molar-refractivity contribution in [1.29, 1.82) is 0 Å². The van der Waals surface area contributed by atoms with E-state index in [2.05, 4.69) is 37.2 Å². The molecule has 0 aliphatic carbocycles. The van der Waals surface area contributed by atoms with Crippen molar-refractivity contribution in [3.05, 3.63) is 11.8 Å². The van der Waals surface area contributed by atoms with Gasteiger partial charge in [-0.15, -0.1) is 0 Å². The number of hydrogen-bond donors (Lipinski definition) is 1. The zero-order valence-electron chi connectivity index (χ0n) is 8.81. The van der Waals surface area contributed by atoms with Gasteiger partial charge in [-0.25, -0.2) is 0 Å². The van der Waals surface area contributed by atoms with Crippen LogP contribution in [0.5, 0.6) is 0 Å². The second-order valence-electron chi connectivity index (χ2n) is 3.15. The van der Waals surface area contributed by atoms with Gasteiger partial charge in [-0.1, -0.05) is 6.92 Å². The van der Waals surface area contributed by atoms with Gasteiger partial charge >= 0.3 is 0 Å². The molecule has 12 heavy (non-hydrogen) atoms. The summed E-state index contributed by atoms with van der Waals surface area (Å²) in [6.07, 6.45) is 3.21. The third-order valence-electron chi connectivity index (χ3n) is 1.86. The van der Waals surface area contributed by atoms with E-state index in [9.17, 15) is 0 Å². The minimum absolute atomic E-state index is 0.547. The fraction of sp³-hybridized carbons (Fsp3) is 0.700. The van der Waals surface area contributed by atoms with E-state index in [0.717, 1.165) is 12.1 Å². The largest absolute Gasteiger partial charge is 0.386 e. The van der Waals surface area contributed by atoms with Crippen LogP contribution in [0.1, 0.15) is 34.1 Å². The molecular weight excluding hydrogens is 148 g/mol. The summed E-state index contributed by atoms with van der Waals surface area (Å²) in [4.78, 5) is 4.06. The molecule has 2 heteroatoms. The van der Waals surface area contributed by atoms with Gasteiger partial charge in [-0.2, -0.15) is 0 Å². The molecule has 0 saturated heterocycles. The van der Waals surface area contributed by atoms with Crippen molar-refractivity contribution in [1.82, 2.24) is 5.32 Å². The highest BCUT2D eigenvalue weighted by molar-refractivity contribution is 5.93. The maximum atomic E-state index is 4.06. The minimum Gasteiger partial charge on any atom is -0.386 e. The van der Waals surface area contributed by atoms with E-state index in [-0.39, 0.29) is 0 Å². The molecule has 0 aliphatic rings. The fourth-order valence-electron chi connectivity index (χ4n) is 0.910. The normalized spacial score (nSPS) is 16.1. The van der Waals surface area contributed by atoms with E-state index in [1.54, 1.807) is 0 Å². The number of aliphatic imine (C=N–C) groups is 1. The summed E-state index contributed by atoms with van der Waals surface area (Å²) in [7, 11) is 1.81. The van der Waals surface area contributed by atoms with Crippen LogP contribution in [0.2, 0.25) is 0 Å². The van der Waals surface area contributed by atoms with E-state index in [1.807, 2.05) is 14.0 Å². The number of nitrogens with one attached hydrogen (secondary N) is 1. The Morgan fingerprint density at radius 1 is 1.50 bits per heavy atom. The zero-order chi connectivity index (χ0) is 9.56. The molecule has 0 saturated carbocycles. The molecule has 0 aromatic heterocycles. The van der Waals surface area contributed by atoms with Crippen molar-refractivity contribution in [2.45, 2.75) is 40.2 Å². The summed E-state index contributed by atoms with van der Waals surface area (Å²) in [6.45, 7) is 8.42. The van der Waals surface area contributed by atoms with Gasteiger partial charge < -0.3 is 5.32 Å². The van der Waals surface area contributed by atoms with Crippen LogP contribution >= 0.6 is 0 Å². The monoisotopic (exact) mass is 168 g/mol. The molecule has 0 amide bonds. The molecular formula is C10H20N2. The van der Waals surface area contributed by atoms with E-state index >= 15 is 0 Å². The molecule has 0 rings (SSSR count). The van der Waals surface area contributed by atoms with Crippen molar-refractivity contribution in [3.63, 3.8) is 0 Å². The van der Waals surface area contributed by atoms with Gasteiger partial charge in [0.15, 0.2) is 0 Å². The predicted octanol–water partition coefficient (Wildman–Crippen LogP) is 2.37. The molecule has 1 unspecified atom stereocenters. The van der Waals surface area contributed by atoms with Gasteiger partial charge in [0.25, 0.3) is 0 Å². The van der Waals surface area contributed by atoms with Crippen molar-refractivity contribution in [3.8, 4) is 0 Å². The Morgan fingerprint density at radius 2 is 2.08 bits per heavy atom. The van der Waals surface area contributed by atoms with Gasteiger partial charge in [-0.05, 0) is 33.3 Å². The van der Waals surface area contributed by atoms with Gasteiger partial charge in [0, 0.05) is 24.5 Å². The molecule has 0 spiro atoms. The first-order valence-corrected chi connectivity index (χ1v) is 4.48. The van der Waals surface area contributed by atoms with Crippen LogP contribution in [-0.4, -0.2) is 18.8 Å². The van der Waals surface area contributed by atoms with Crippen LogP contribution in [0.25, 0.3) is 0 Å². The molecule has 70 valence electrons. The smallest absolute Gasteiger partial charge is 0.0330 e. The van der Waals surface area contributed by atoms with E-state index < -0.39 is 0 Å². The lowest BCUT2D eigenvalue weighted by molar-refractivity contribution is 0.596. The summed E-state index contributed by atoms with van der Waals surface area (Å²) < 4.78 is 0. The maximum Gasteiger partial charge on any atom is 0.0330 e. The Kier molecular flexibility index (Phi) is 5.43. The lowest BCUT2D eigenvalue weighted by Gasteiger charge is -2.12. The molecule has 0 radical (unpaired) electrons. The highest BCUT2D eigenvalue weighted by atomic mass is 14.9. The van der Waals surface area contributed by atoms with Gasteiger partial charge in [0.1, 0.15) is 0 Å². The highest BCUT2D eigenvalue weighted by Crippen LogP contribution is 1.95. The van der Waals surface area contributed by atoms with Gasteiger partial charge in [-0.3, -0.25) is 4.99 Å². The van der Waals surface area contributed by atoms with E-state index in [1.165, 1.54) is 5.70 Å². The van der Waals surface area contributed by atoms with Crippen LogP contribution in [0, 0.1) is 0 Å². The molecule has 0 bridgehead atoms. The average Bonchev–Trinajstić information content (AvgIpc) is 2.03. The van der Waals surface area contributed by atoms with Crippen LogP contribution in [0.4, 0.5) is 0 Å². The Balaban J connectivity index is 4.02. The summed E-state index contributed by atoms with van der Waals surface area (Å²) in [5, 5.41) is 3.38. The quantitative estimate of drug-likeness (QED) is 0.640. The SMILES string of the molecule is CCC(C)N/C(C)=C\C(C)=NC. The lowest BCUT2D eigenvalue weighted by Crippen LogP contribution is -2.23. The molecule has 0 aliphatic heterocycles. The summed E-state index contributed by atoms with van der Waals surface area (Å²) >= 11 is 0. The minimum atomic E-state index is 0.547. The fourth-order valence-corrected chi connectivity index (χ4v) is 0.910. The van der Waals surface area contributed by atoms with Crippen molar-refractivity contribution < 1.29 is 0 Å². The second kappa shape index (κ2) is 5.81. The molecule has 2 nitrogen and oxygen atoms in total. The van der Waals surface area contributed by atoms with Crippen LogP contribution in [-0.2, 0) is 0 Å². The topological polar surface area (TPSA) is 24.4 Å². The number of rotatable bonds is 4. The standard InChI is InChI=1S/C10H20N2/c1-6-8(2)12-10(4)7-9(3)11-5/h7-8,12H,6H2,1-5H3/b10-7-,11-9?. The molecule has 0 aromatic carbocycles. The van der Waals surface area contributed by atoms with Crippen LogP contribution in [0.15, 0.2) is 16.8 Å². The Labute approximate surface area is 75.8 Å². The van der Waals surface area contributed by atoms with E-state index in [4.69, 9.17) is 0 Å². The van der Waals surface area contributed by atoms with E-state index in [0.29, 0.717) is 6.04 Å². The predicted molar refractivity (Wildman–Crippen MR) is 55.7 cm³/mol. The Hall–Kier alpha value is -0.790. The molecule has 1 N–H and O–H groups in total. The highest BCUT2D eigenvalue weighted by Gasteiger charge is 1.96. The van der Waals surface area contributed by atoms with Gasteiger partial charge in [0.05, 0.1) is 0 Å². The lowest BCUT2D eigenvalue weighted by atomic mass is 10.2. The molecule has 0 heterocycles. The van der Waals surface area contributed by atoms with Crippen LogP contribution < -0.4 is 5.32 Å². The third kappa shape index (κ3) is 4.94. The third-order valence-corrected chi connectivity index (χ3v) is 1.86. The first-order valence-electron chi connectivity index (χ1n) is 4.48. The average molecular weight is 168 g/mol.